The Morgan fingerprint density at radius 3 is 2.85 bits per heavy atom. The summed E-state index contributed by atoms with van der Waals surface area (Å²) in [7, 11) is 0. The van der Waals surface area contributed by atoms with Crippen molar-refractivity contribution in [1.29, 1.82) is 0 Å². The van der Waals surface area contributed by atoms with Crippen LogP contribution < -0.4 is 5.56 Å². The quantitative estimate of drug-likeness (QED) is 0.591. The van der Waals surface area contributed by atoms with Gasteiger partial charge in [0, 0.05) is 42.5 Å². The van der Waals surface area contributed by atoms with Crippen molar-refractivity contribution < 1.29 is 0 Å². The van der Waals surface area contributed by atoms with E-state index in [4.69, 9.17) is 4.98 Å². The van der Waals surface area contributed by atoms with E-state index in [0.717, 1.165) is 41.8 Å². The van der Waals surface area contributed by atoms with Crippen LogP contribution in [-0.2, 0) is 19.5 Å². The molecule has 0 saturated heterocycles. The summed E-state index contributed by atoms with van der Waals surface area (Å²) >= 11 is 0. The highest BCUT2D eigenvalue weighted by atomic mass is 16.1. The van der Waals surface area contributed by atoms with Crippen LogP contribution in [0, 0.1) is 0 Å². The Morgan fingerprint density at radius 1 is 1.07 bits per heavy atom. The van der Waals surface area contributed by atoms with Gasteiger partial charge in [0.05, 0.1) is 5.69 Å². The highest BCUT2D eigenvalue weighted by Gasteiger charge is 2.21. The predicted octanol–water partition coefficient (Wildman–Crippen LogP) is 3.48. The summed E-state index contributed by atoms with van der Waals surface area (Å²) < 4.78 is 0. The van der Waals surface area contributed by atoms with Crippen molar-refractivity contribution >= 4 is 10.9 Å². The summed E-state index contributed by atoms with van der Waals surface area (Å²) in [6.07, 6.45) is 2.70. The number of hydrogen-bond acceptors (Lipinski definition) is 3. The molecule has 2 aromatic heterocycles. The molecule has 0 unspecified atom stereocenters. The minimum absolute atomic E-state index is 0.00805. The minimum Gasteiger partial charge on any atom is -0.361 e. The lowest BCUT2D eigenvalue weighted by molar-refractivity contribution is 0.240. The maximum Gasteiger partial charge on any atom is 0.254 e. The van der Waals surface area contributed by atoms with Crippen LogP contribution in [-0.4, -0.2) is 26.4 Å². The maximum atomic E-state index is 12.5. The molecule has 5 rings (SSSR count). The van der Waals surface area contributed by atoms with E-state index in [1.165, 1.54) is 10.9 Å². The molecule has 5 nitrogen and oxygen atoms in total. The normalized spacial score (nSPS) is 14.4. The van der Waals surface area contributed by atoms with E-state index < -0.39 is 0 Å². The van der Waals surface area contributed by atoms with Gasteiger partial charge in [0.1, 0.15) is 5.82 Å². The van der Waals surface area contributed by atoms with E-state index in [0.29, 0.717) is 12.4 Å². The Kier molecular flexibility index (Phi) is 3.87. The van der Waals surface area contributed by atoms with Gasteiger partial charge >= 0.3 is 0 Å². The summed E-state index contributed by atoms with van der Waals surface area (Å²) in [4.78, 5) is 25.9. The zero-order chi connectivity index (χ0) is 18.2. The number of nitrogens with zero attached hydrogens (tertiary/aromatic N) is 2. The topological polar surface area (TPSA) is 64.8 Å². The van der Waals surface area contributed by atoms with Crippen molar-refractivity contribution in [2.75, 3.05) is 6.54 Å². The first-order valence-corrected chi connectivity index (χ1v) is 9.22. The Balaban J connectivity index is 1.42. The standard InChI is InChI=1S/C22H20N4O/c27-22-18-9-11-26(13-15-6-7-16-8-10-23-19(16)12-15)14-20(18)24-21(25-22)17-4-2-1-3-5-17/h1-8,10,12,23H,9,11,13-14H2,(H,24,25,27). The molecule has 1 aliphatic rings. The van der Waals surface area contributed by atoms with Crippen molar-refractivity contribution in [1.82, 2.24) is 19.9 Å². The van der Waals surface area contributed by atoms with Crippen molar-refractivity contribution in [3.63, 3.8) is 0 Å². The minimum atomic E-state index is -0.00805. The first-order chi connectivity index (χ1) is 13.3. The average molecular weight is 356 g/mol. The second-order valence-electron chi connectivity index (χ2n) is 7.07. The highest BCUT2D eigenvalue weighted by molar-refractivity contribution is 5.79. The van der Waals surface area contributed by atoms with Crippen LogP contribution in [0.15, 0.2) is 65.6 Å². The number of H-pyrrole nitrogens is 2. The van der Waals surface area contributed by atoms with Crippen LogP contribution in [0.5, 0.6) is 0 Å². The lowest BCUT2D eigenvalue weighted by atomic mass is 10.0. The zero-order valence-corrected chi connectivity index (χ0v) is 14.9. The molecule has 0 fully saturated rings. The number of aromatic amines is 2. The first-order valence-electron chi connectivity index (χ1n) is 9.22. The zero-order valence-electron chi connectivity index (χ0n) is 14.9. The summed E-state index contributed by atoms with van der Waals surface area (Å²) in [5, 5.41) is 1.23. The highest BCUT2D eigenvalue weighted by Crippen LogP contribution is 2.21. The van der Waals surface area contributed by atoms with E-state index in [2.05, 4.69) is 39.1 Å². The number of hydrogen-bond donors (Lipinski definition) is 2. The van der Waals surface area contributed by atoms with Gasteiger partial charge in [0.2, 0.25) is 0 Å². The summed E-state index contributed by atoms with van der Waals surface area (Å²) in [5.74, 6) is 0.647. The molecule has 0 radical (unpaired) electrons. The monoisotopic (exact) mass is 356 g/mol. The fourth-order valence-electron chi connectivity index (χ4n) is 3.81. The van der Waals surface area contributed by atoms with Crippen LogP contribution in [0.3, 0.4) is 0 Å². The van der Waals surface area contributed by atoms with E-state index in [-0.39, 0.29) is 5.56 Å². The molecule has 4 aromatic rings. The van der Waals surface area contributed by atoms with Gasteiger partial charge in [-0.2, -0.15) is 0 Å². The molecule has 3 heterocycles. The Bertz CT molecular complexity index is 1160. The van der Waals surface area contributed by atoms with E-state index >= 15 is 0 Å². The molecule has 0 bridgehead atoms. The first kappa shape index (κ1) is 16.0. The maximum absolute atomic E-state index is 12.5. The summed E-state index contributed by atoms with van der Waals surface area (Å²) in [5.41, 5.74) is 5.07. The van der Waals surface area contributed by atoms with Crippen molar-refractivity contribution in [3.8, 4) is 11.4 Å². The molecule has 0 saturated carbocycles. The molecule has 134 valence electrons. The fraction of sp³-hybridized carbons (Fsp3) is 0.182. The number of rotatable bonds is 3. The molecule has 0 spiro atoms. The lowest BCUT2D eigenvalue weighted by Crippen LogP contribution is -2.35. The van der Waals surface area contributed by atoms with Crippen LogP contribution in [0.1, 0.15) is 16.8 Å². The smallest absolute Gasteiger partial charge is 0.254 e. The van der Waals surface area contributed by atoms with Gasteiger partial charge in [-0.15, -0.1) is 0 Å². The summed E-state index contributed by atoms with van der Waals surface area (Å²) in [6.45, 7) is 2.41. The average Bonchev–Trinajstić information content (AvgIpc) is 3.16. The van der Waals surface area contributed by atoms with Gasteiger partial charge in [-0.1, -0.05) is 42.5 Å². The van der Waals surface area contributed by atoms with E-state index in [9.17, 15) is 4.79 Å². The van der Waals surface area contributed by atoms with Crippen molar-refractivity contribution in [3.05, 3.63) is 88.0 Å². The third-order valence-corrected chi connectivity index (χ3v) is 5.23. The second-order valence-corrected chi connectivity index (χ2v) is 7.07. The van der Waals surface area contributed by atoms with Gasteiger partial charge in [0.15, 0.2) is 0 Å². The molecular weight excluding hydrogens is 336 g/mol. The van der Waals surface area contributed by atoms with Gasteiger partial charge < -0.3 is 9.97 Å². The SMILES string of the molecule is O=c1[nH]c(-c2ccccc2)nc2c1CCN(Cc1ccc3cc[nH]c3c1)C2. The number of fused-ring (bicyclic) bond motifs is 2. The molecular formula is C22H20N4O. The van der Waals surface area contributed by atoms with Crippen LogP contribution in [0.4, 0.5) is 0 Å². The van der Waals surface area contributed by atoms with Gasteiger partial charge in [-0.3, -0.25) is 9.69 Å². The molecule has 0 aliphatic carbocycles. The number of aromatic nitrogens is 3. The Morgan fingerprint density at radius 2 is 1.96 bits per heavy atom. The van der Waals surface area contributed by atoms with Crippen LogP contribution in [0.25, 0.3) is 22.3 Å². The van der Waals surface area contributed by atoms with Gasteiger partial charge in [-0.25, -0.2) is 4.98 Å². The van der Waals surface area contributed by atoms with Crippen LogP contribution >= 0.6 is 0 Å². The molecule has 5 heteroatoms. The Labute approximate surface area is 156 Å². The molecule has 0 amide bonds. The third kappa shape index (κ3) is 3.06. The largest absolute Gasteiger partial charge is 0.361 e. The lowest BCUT2D eigenvalue weighted by Gasteiger charge is -2.27. The van der Waals surface area contributed by atoms with E-state index in [1.807, 2.05) is 36.5 Å². The summed E-state index contributed by atoms with van der Waals surface area (Å²) in [6, 6.07) is 18.4. The van der Waals surface area contributed by atoms with Crippen LogP contribution in [0.2, 0.25) is 0 Å². The predicted molar refractivity (Wildman–Crippen MR) is 106 cm³/mol. The third-order valence-electron chi connectivity index (χ3n) is 5.23. The Hall–Kier alpha value is -3.18. The molecule has 2 aromatic carbocycles. The number of nitrogens with one attached hydrogen (secondary N) is 2. The van der Waals surface area contributed by atoms with Gasteiger partial charge in [0.25, 0.3) is 5.56 Å². The van der Waals surface area contributed by atoms with Gasteiger partial charge in [-0.05, 0) is 29.5 Å². The van der Waals surface area contributed by atoms with Crippen molar-refractivity contribution in [2.45, 2.75) is 19.5 Å². The van der Waals surface area contributed by atoms with E-state index in [1.54, 1.807) is 0 Å². The molecule has 0 atom stereocenters. The van der Waals surface area contributed by atoms with Crippen molar-refractivity contribution in [2.24, 2.45) is 0 Å². The molecule has 27 heavy (non-hydrogen) atoms. The second kappa shape index (κ2) is 6.52. The number of benzene rings is 2. The molecule has 2 N–H and O–H groups in total. The fourth-order valence-corrected chi connectivity index (χ4v) is 3.81. The molecule has 1 aliphatic heterocycles.